The molecule has 2 aliphatic rings. The molecule has 0 aromatic carbocycles. The van der Waals surface area contributed by atoms with Crippen molar-refractivity contribution in [3.8, 4) is 0 Å². The maximum atomic E-state index is 5.99. The number of nitrogens with zero attached hydrogens (tertiary/aromatic N) is 2. The van der Waals surface area contributed by atoms with E-state index >= 15 is 0 Å². The first-order valence-corrected chi connectivity index (χ1v) is 9.20. The van der Waals surface area contributed by atoms with Gasteiger partial charge in [-0.05, 0) is 12.8 Å². The van der Waals surface area contributed by atoms with E-state index in [1.165, 1.54) is 5.75 Å². The Labute approximate surface area is 127 Å². The fourth-order valence-corrected chi connectivity index (χ4v) is 5.43. The van der Waals surface area contributed by atoms with E-state index < -0.39 is 0 Å². The molecule has 112 valence electrons. The number of rotatable bonds is 3. The molecular formula is C13H21N3O2S2. The Morgan fingerprint density at radius 1 is 1.30 bits per heavy atom. The second-order valence-corrected chi connectivity index (χ2v) is 8.16. The van der Waals surface area contributed by atoms with Gasteiger partial charge in [-0.3, -0.25) is 0 Å². The summed E-state index contributed by atoms with van der Waals surface area (Å²) < 4.78 is 11.0. The van der Waals surface area contributed by atoms with Crippen LogP contribution in [0.25, 0.3) is 0 Å². The molecule has 0 bridgehead atoms. The van der Waals surface area contributed by atoms with Crippen molar-refractivity contribution in [2.45, 2.75) is 35.7 Å². The van der Waals surface area contributed by atoms with Crippen LogP contribution in [0.1, 0.15) is 36.7 Å². The SMILES string of the molecule is CC1SCCSC1c1noc(C2(CN)CCOCC2)n1. The molecule has 3 rings (SSSR count). The van der Waals surface area contributed by atoms with Crippen molar-refractivity contribution >= 4 is 23.5 Å². The molecule has 1 aromatic rings. The zero-order chi connectivity index (χ0) is 14.0. The van der Waals surface area contributed by atoms with Crippen molar-refractivity contribution in [2.24, 2.45) is 5.73 Å². The highest BCUT2D eigenvalue weighted by Crippen LogP contribution is 2.42. The van der Waals surface area contributed by atoms with E-state index in [2.05, 4.69) is 12.1 Å². The molecule has 2 fully saturated rings. The van der Waals surface area contributed by atoms with Gasteiger partial charge in [0.25, 0.3) is 0 Å². The van der Waals surface area contributed by atoms with E-state index in [4.69, 9.17) is 20.0 Å². The summed E-state index contributed by atoms with van der Waals surface area (Å²) >= 11 is 3.91. The Morgan fingerprint density at radius 3 is 2.75 bits per heavy atom. The van der Waals surface area contributed by atoms with Crippen molar-refractivity contribution < 1.29 is 9.26 Å². The second kappa shape index (κ2) is 6.25. The molecule has 0 saturated carbocycles. The van der Waals surface area contributed by atoms with Crippen LogP contribution in [-0.2, 0) is 10.2 Å². The van der Waals surface area contributed by atoms with E-state index in [-0.39, 0.29) is 5.41 Å². The van der Waals surface area contributed by atoms with Crippen LogP contribution in [0, 0.1) is 0 Å². The number of thioether (sulfide) groups is 2. The molecule has 2 N–H and O–H groups in total. The van der Waals surface area contributed by atoms with Gasteiger partial charge in [-0.2, -0.15) is 16.7 Å². The van der Waals surface area contributed by atoms with Gasteiger partial charge >= 0.3 is 0 Å². The summed E-state index contributed by atoms with van der Waals surface area (Å²) in [5.41, 5.74) is 5.81. The van der Waals surface area contributed by atoms with Crippen LogP contribution in [0.5, 0.6) is 0 Å². The predicted octanol–water partition coefficient (Wildman–Crippen LogP) is 1.99. The average molecular weight is 315 g/mol. The van der Waals surface area contributed by atoms with Crippen LogP contribution >= 0.6 is 23.5 Å². The molecule has 1 aromatic heterocycles. The fourth-order valence-electron chi connectivity index (χ4n) is 2.75. The molecule has 0 radical (unpaired) electrons. The van der Waals surface area contributed by atoms with Crippen molar-refractivity contribution in [1.82, 2.24) is 10.1 Å². The molecule has 20 heavy (non-hydrogen) atoms. The Balaban J connectivity index is 1.81. The summed E-state index contributed by atoms with van der Waals surface area (Å²) in [6.07, 6.45) is 1.74. The molecule has 3 heterocycles. The van der Waals surface area contributed by atoms with Gasteiger partial charge in [0.05, 0.1) is 10.7 Å². The van der Waals surface area contributed by atoms with Gasteiger partial charge in [-0.1, -0.05) is 12.1 Å². The van der Waals surface area contributed by atoms with Crippen molar-refractivity contribution in [2.75, 3.05) is 31.3 Å². The third-order valence-electron chi connectivity index (χ3n) is 4.18. The third kappa shape index (κ3) is 2.73. The van der Waals surface area contributed by atoms with Gasteiger partial charge in [-0.15, -0.1) is 11.8 Å². The molecule has 2 aliphatic heterocycles. The predicted molar refractivity (Wildman–Crippen MR) is 82.2 cm³/mol. The van der Waals surface area contributed by atoms with E-state index in [1.54, 1.807) is 0 Å². The van der Waals surface area contributed by atoms with E-state index in [0.29, 0.717) is 22.9 Å². The van der Waals surface area contributed by atoms with E-state index in [0.717, 1.165) is 37.6 Å². The fraction of sp³-hybridized carbons (Fsp3) is 0.846. The van der Waals surface area contributed by atoms with E-state index in [9.17, 15) is 0 Å². The third-order valence-corrected chi connectivity index (χ3v) is 7.26. The summed E-state index contributed by atoms with van der Waals surface area (Å²) in [7, 11) is 0. The van der Waals surface area contributed by atoms with Gasteiger partial charge in [0.15, 0.2) is 5.82 Å². The van der Waals surface area contributed by atoms with Crippen LogP contribution in [0.15, 0.2) is 4.52 Å². The summed E-state index contributed by atoms with van der Waals surface area (Å²) in [4.78, 5) is 4.70. The Morgan fingerprint density at radius 2 is 2.05 bits per heavy atom. The van der Waals surface area contributed by atoms with E-state index in [1.807, 2.05) is 23.5 Å². The average Bonchev–Trinajstić information content (AvgIpc) is 2.98. The lowest BCUT2D eigenvalue weighted by molar-refractivity contribution is 0.0409. The van der Waals surface area contributed by atoms with Crippen LogP contribution in [0.2, 0.25) is 0 Å². The molecular weight excluding hydrogens is 294 g/mol. The van der Waals surface area contributed by atoms with Crippen LogP contribution in [0.3, 0.4) is 0 Å². The quantitative estimate of drug-likeness (QED) is 0.914. The maximum absolute atomic E-state index is 5.99. The molecule has 0 aliphatic carbocycles. The number of hydrogen-bond donors (Lipinski definition) is 1. The highest BCUT2D eigenvalue weighted by Gasteiger charge is 2.40. The van der Waals surface area contributed by atoms with Crippen molar-refractivity contribution in [3.05, 3.63) is 11.7 Å². The van der Waals surface area contributed by atoms with Gasteiger partial charge in [0.2, 0.25) is 5.89 Å². The topological polar surface area (TPSA) is 74.2 Å². The number of ether oxygens (including phenoxy) is 1. The lowest BCUT2D eigenvalue weighted by Crippen LogP contribution is -2.41. The number of aromatic nitrogens is 2. The van der Waals surface area contributed by atoms with Gasteiger partial charge < -0.3 is 15.0 Å². The minimum atomic E-state index is -0.181. The molecule has 5 nitrogen and oxygen atoms in total. The van der Waals surface area contributed by atoms with Crippen LogP contribution in [0.4, 0.5) is 0 Å². The largest absolute Gasteiger partial charge is 0.381 e. The summed E-state index contributed by atoms with van der Waals surface area (Å²) in [5.74, 6) is 3.90. The normalized spacial score (nSPS) is 30.3. The first-order valence-electron chi connectivity index (χ1n) is 7.10. The molecule has 2 saturated heterocycles. The summed E-state index contributed by atoms with van der Waals surface area (Å²) in [6, 6.07) is 0. The second-order valence-electron chi connectivity index (χ2n) is 5.42. The Bertz CT molecular complexity index is 449. The van der Waals surface area contributed by atoms with Gasteiger partial charge in [-0.25, -0.2) is 0 Å². The molecule has 2 atom stereocenters. The van der Waals surface area contributed by atoms with Crippen LogP contribution < -0.4 is 5.73 Å². The first kappa shape index (κ1) is 14.7. The smallest absolute Gasteiger partial charge is 0.234 e. The highest BCUT2D eigenvalue weighted by atomic mass is 32.2. The van der Waals surface area contributed by atoms with Gasteiger partial charge in [0.1, 0.15) is 0 Å². The zero-order valence-electron chi connectivity index (χ0n) is 11.7. The first-order chi connectivity index (χ1) is 9.75. The molecule has 0 amide bonds. The zero-order valence-corrected chi connectivity index (χ0v) is 13.3. The van der Waals surface area contributed by atoms with Crippen LogP contribution in [-0.4, -0.2) is 46.7 Å². The lowest BCUT2D eigenvalue weighted by Gasteiger charge is -2.32. The summed E-state index contributed by atoms with van der Waals surface area (Å²) in [6.45, 7) is 4.23. The Kier molecular flexibility index (Phi) is 4.59. The molecule has 0 spiro atoms. The molecule has 7 heteroatoms. The van der Waals surface area contributed by atoms with Gasteiger partial charge in [0, 0.05) is 36.5 Å². The summed E-state index contributed by atoms with van der Waals surface area (Å²) in [5, 5.41) is 5.11. The molecule has 2 unspecified atom stereocenters. The minimum Gasteiger partial charge on any atom is -0.381 e. The van der Waals surface area contributed by atoms with Crippen molar-refractivity contribution in [3.63, 3.8) is 0 Å². The number of nitrogens with two attached hydrogens (primary N) is 1. The standard InChI is InChI=1S/C13H21N3O2S2/c1-9-10(20-7-6-19-9)11-15-12(18-16-11)13(8-14)2-4-17-5-3-13/h9-10H,2-8,14H2,1H3. The monoisotopic (exact) mass is 315 g/mol. The maximum Gasteiger partial charge on any atom is 0.234 e. The lowest BCUT2D eigenvalue weighted by atomic mass is 9.80. The minimum absolute atomic E-state index is 0.181. The van der Waals surface area contributed by atoms with Crippen molar-refractivity contribution in [1.29, 1.82) is 0 Å². The number of hydrogen-bond acceptors (Lipinski definition) is 7. The Hall–Kier alpha value is -0.240. The highest BCUT2D eigenvalue weighted by molar-refractivity contribution is 8.06.